The molecular formula is C23H39N5O. The molecule has 0 aromatic heterocycles. The Kier molecular flexibility index (Phi) is 8.77. The van der Waals surface area contributed by atoms with Gasteiger partial charge >= 0.3 is 0 Å². The molecule has 2 N–H and O–H groups in total. The molecular weight excluding hydrogens is 362 g/mol. The number of nitrogens with one attached hydrogen (secondary N) is 2. The number of guanidine groups is 1. The number of hydrogen-bond donors (Lipinski definition) is 2. The molecule has 1 unspecified atom stereocenters. The zero-order valence-electron chi connectivity index (χ0n) is 18.5. The quantitative estimate of drug-likeness (QED) is 0.542. The van der Waals surface area contributed by atoms with Gasteiger partial charge in [0.2, 0.25) is 0 Å². The third-order valence-corrected chi connectivity index (χ3v) is 6.12. The zero-order valence-corrected chi connectivity index (χ0v) is 18.5. The molecule has 1 atom stereocenters. The molecule has 0 spiro atoms. The van der Waals surface area contributed by atoms with Crippen molar-refractivity contribution >= 4 is 5.96 Å². The van der Waals surface area contributed by atoms with E-state index in [1.807, 2.05) is 7.05 Å². The van der Waals surface area contributed by atoms with E-state index in [0.29, 0.717) is 12.0 Å². The molecule has 29 heavy (non-hydrogen) atoms. The summed E-state index contributed by atoms with van der Waals surface area (Å²) in [6.07, 6.45) is 2.60. The lowest BCUT2D eigenvalue weighted by atomic mass is 9.97. The maximum atomic E-state index is 5.48. The number of rotatable bonds is 7. The second-order valence-electron chi connectivity index (χ2n) is 8.56. The Labute approximate surface area is 176 Å². The second-order valence-corrected chi connectivity index (χ2v) is 8.56. The minimum atomic E-state index is 0.637. The first-order valence-electron chi connectivity index (χ1n) is 11.2. The molecule has 1 aromatic rings. The van der Waals surface area contributed by atoms with Gasteiger partial charge in [0, 0.05) is 52.4 Å². The number of ether oxygens (including phenoxy) is 1. The van der Waals surface area contributed by atoms with Crippen LogP contribution in [0.3, 0.4) is 0 Å². The number of morpholine rings is 1. The van der Waals surface area contributed by atoms with E-state index in [2.05, 4.69) is 63.5 Å². The predicted molar refractivity (Wildman–Crippen MR) is 120 cm³/mol. The van der Waals surface area contributed by atoms with Gasteiger partial charge in [-0.2, -0.15) is 0 Å². The molecule has 0 amide bonds. The minimum absolute atomic E-state index is 0.637. The maximum absolute atomic E-state index is 5.48. The van der Waals surface area contributed by atoms with E-state index >= 15 is 0 Å². The third-order valence-electron chi connectivity index (χ3n) is 6.12. The van der Waals surface area contributed by atoms with Crippen molar-refractivity contribution in [3.05, 3.63) is 35.4 Å². The Morgan fingerprint density at radius 2 is 1.90 bits per heavy atom. The van der Waals surface area contributed by atoms with E-state index < -0.39 is 0 Å². The van der Waals surface area contributed by atoms with Gasteiger partial charge in [0.05, 0.1) is 13.2 Å². The second kappa shape index (κ2) is 11.5. The number of aliphatic imine (C=N–C) groups is 1. The summed E-state index contributed by atoms with van der Waals surface area (Å²) < 4.78 is 5.48. The summed E-state index contributed by atoms with van der Waals surface area (Å²) in [6.45, 7) is 13.5. The molecule has 2 heterocycles. The maximum Gasteiger partial charge on any atom is 0.191 e. The van der Waals surface area contributed by atoms with E-state index in [-0.39, 0.29) is 0 Å². The third kappa shape index (κ3) is 6.98. The predicted octanol–water partition coefficient (Wildman–Crippen LogP) is 2.30. The molecule has 6 heteroatoms. The van der Waals surface area contributed by atoms with Crippen molar-refractivity contribution < 1.29 is 4.74 Å². The Bertz CT molecular complexity index is 642. The van der Waals surface area contributed by atoms with Crippen molar-refractivity contribution in [3.8, 4) is 0 Å². The molecule has 0 bridgehead atoms. The molecule has 2 aliphatic rings. The van der Waals surface area contributed by atoms with Crippen LogP contribution in [0.1, 0.15) is 37.8 Å². The van der Waals surface area contributed by atoms with Gasteiger partial charge in [-0.05, 0) is 50.3 Å². The van der Waals surface area contributed by atoms with Crippen molar-refractivity contribution in [1.29, 1.82) is 0 Å². The number of likely N-dealkylation sites (tertiary alicyclic amines) is 1. The normalized spacial score (nSPS) is 22.1. The lowest BCUT2D eigenvalue weighted by molar-refractivity contribution is 0.0341. The van der Waals surface area contributed by atoms with Crippen LogP contribution < -0.4 is 10.6 Å². The summed E-state index contributed by atoms with van der Waals surface area (Å²) >= 11 is 0. The number of nitrogens with zero attached hydrogens (tertiary/aromatic N) is 3. The van der Waals surface area contributed by atoms with Crippen molar-refractivity contribution in [1.82, 2.24) is 20.4 Å². The van der Waals surface area contributed by atoms with Gasteiger partial charge in [-0.3, -0.25) is 9.89 Å². The minimum Gasteiger partial charge on any atom is -0.379 e. The molecule has 0 aliphatic carbocycles. The van der Waals surface area contributed by atoms with Gasteiger partial charge in [0.1, 0.15) is 0 Å². The number of hydrogen-bond acceptors (Lipinski definition) is 4. The highest BCUT2D eigenvalue weighted by Gasteiger charge is 2.21. The van der Waals surface area contributed by atoms with Gasteiger partial charge in [-0.25, -0.2) is 0 Å². The van der Waals surface area contributed by atoms with Crippen LogP contribution in [0.25, 0.3) is 0 Å². The fraction of sp³-hybridized carbons (Fsp3) is 0.696. The van der Waals surface area contributed by atoms with Crippen molar-refractivity contribution in [2.75, 3.05) is 53.0 Å². The van der Waals surface area contributed by atoms with Crippen LogP contribution >= 0.6 is 0 Å². The molecule has 2 aliphatic heterocycles. The SMILES string of the molecule is CN=C(NCc1ccccc1CN1CCOCC1)NCC1CCCN(C(C)C)C1. The summed E-state index contributed by atoms with van der Waals surface area (Å²) in [6, 6.07) is 9.36. The number of benzene rings is 1. The molecule has 2 saturated heterocycles. The molecule has 3 rings (SSSR count). The van der Waals surface area contributed by atoms with Crippen LogP contribution in [0.4, 0.5) is 0 Å². The Morgan fingerprint density at radius 1 is 1.14 bits per heavy atom. The Hall–Kier alpha value is -1.63. The fourth-order valence-electron chi connectivity index (χ4n) is 4.26. The monoisotopic (exact) mass is 401 g/mol. The standard InChI is InChI=1S/C23H39N5O/c1-19(2)28-10-6-7-20(17-28)15-25-23(24-3)26-16-21-8-4-5-9-22(21)18-27-11-13-29-14-12-27/h4-5,8-9,19-20H,6-7,10-18H2,1-3H3,(H2,24,25,26). The zero-order chi connectivity index (χ0) is 20.5. The van der Waals surface area contributed by atoms with Crippen LogP contribution in [0.5, 0.6) is 0 Å². The first kappa shape index (κ1) is 22.1. The van der Waals surface area contributed by atoms with Crippen molar-refractivity contribution in [3.63, 3.8) is 0 Å². The van der Waals surface area contributed by atoms with Gasteiger partial charge in [-0.15, -0.1) is 0 Å². The largest absolute Gasteiger partial charge is 0.379 e. The van der Waals surface area contributed by atoms with Crippen LogP contribution in [0.2, 0.25) is 0 Å². The molecule has 0 saturated carbocycles. The van der Waals surface area contributed by atoms with Gasteiger partial charge < -0.3 is 20.3 Å². The highest BCUT2D eigenvalue weighted by Crippen LogP contribution is 2.17. The first-order chi connectivity index (χ1) is 14.2. The van der Waals surface area contributed by atoms with E-state index in [1.54, 1.807) is 0 Å². The first-order valence-corrected chi connectivity index (χ1v) is 11.2. The van der Waals surface area contributed by atoms with Crippen LogP contribution in [-0.4, -0.2) is 74.8 Å². The lowest BCUT2D eigenvalue weighted by Crippen LogP contribution is -2.46. The van der Waals surface area contributed by atoms with E-state index in [4.69, 9.17) is 4.74 Å². The highest BCUT2D eigenvalue weighted by atomic mass is 16.5. The van der Waals surface area contributed by atoms with Gasteiger partial charge in [0.25, 0.3) is 0 Å². The average molecular weight is 402 g/mol. The average Bonchev–Trinajstić information content (AvgIpc) is 2.76. The number of piperidine rings is 1. The summed E-state index contributed by atoms with van der Waals surface area (Å²) in [7, 11) is 1.86. The van der Waals surface area contributed by atoms with Crippen molar-refractivity contribution in [2.24, 2.45) is 10.9 Å². The smallest absolute Gasteiger partial charge is 0.191 e. The Balaban J connectivity index is 1.48. The summed E-state index contributed by atoms with van der Waals surface area (Å²) in [4.78, 5) is 9.50. The molecule has 2 fully saturated rings. The van der Waals surface area contributed by atoms with E-state index in [0.717, 1.165) is 51.9 Å². The van der Waals surface area contributed by atoms with Crippen molar-refractivity contribution in [2.45, 2.75) is 45.8 Å². The topological polar surface area (TPSA) is 52.1 Å². The van der Waals surface area contributed by atoms with E-state index in [9.17, 15) is 0 Å². The molecule has 0 radical (unpaired) electrons. The van der Waals surface area contributed by atoms with Crippen LogP contribution in [0, 0.1) is 5.92 Å². The Morgan fingerprint density at radius 3 is 2.62 bits per heavy atom. The van der Waals surface area contributed by atoms with Crippen LogP contribution in [-0.2, 0) is 17.8 Å². The summed E-state index contributed by atoms with van der Waals surface area (Å²) in [5, 5.41) is 7.07. The van der Waals surface area contributed by atoms with Crippen LogP contribution in [0.15, 0.2) is 29.3 Å². The molecule has 6 nitrogen and oxygen atoms in total. The summed E-state index contributed by atoms with van der Waals surface area (Å²) in [5.41, 5.74) is 2.72. The molecule has 162 valence electrons. The lowest BCUT2D eigenvalue weighted by Gasteiger charge is -2.35. The highest BCUT2D eigenvalue weighted by molar-refractivity contribution is 5.79. The fourth-order valence-corrected chi connectivity index (χ4v) is 4.26. The molecule has 1 aromatic carbocycles. The summed E-state index contributed by atoms with van der Waals surface area (Å²) in [5.74, 6) is 1.59. The van der Waals surface area contributed by atoms with Gasteiger partial charge in [-0.1, -0.05) is 24.3 Å². The van der Waals surface area contributed by atoms with Gasteiger partial charge in [0.15, 0.2) is 5.96 Å². The van der Waals surface area contributed by atoms with E-state index in [1.165, 1.54) is 37.1 Å².